The molecule has 0 aliphatic heterocycles. The molecule has 0 amide bonds. The van der Waals surface area contributed by atoms with E-state index in [2.05, 4.69) is 14.9 Å². The van der Waals surface area contributed by atoms with Crippen molar-refractivity contribution in [1.29, 1.82) is 0 Å². The number of hydrogen-bond donors (Lipinski definition) is 1. The fourth-order valence-corrected chi connectivity index (χ4v) is 3.66. The summed E-state index contributed by atoms with van der Waals surface area (Å²) in [6.07, 6.45) is 2.99. The summed E-state index contributed by atoms with van der Waals surface area (Å²) in [6, 6.07) is 7.63. The van der Waals surface area contributed by atoms with E-state index in [4.69, 9.17) is 0 Å². The minimum atomic E-state index is -3.76. The van der Waals surface area contributed by atoms with Crippen LogP contribution in [0, 0.1) is 12.7 Å². The van der Waals surface area contributed by atoms with Gasteiger partial charge in [0, 0.05) is 18.8 Å². The monoisotopic (exact) mass is 363 g/mol. The number of anilines is 1. The molecule has 0 aliphatic carbocycles. The molecule has 2 heterocycles. The number of aryl methyl sites for hydroxylation is 1. The van der Waals surface area contributed by atoms with Gasteiger partial charge in [-0.3, -0.25) is 14.1 Å². The predicted octanol–water partition coefficient (Wildman–Crippen LogP) is 2.40. The van der Waals surface area contributed by atoms with Crippen molar-refractivity contribution >= 4 is 15.8 Å². The van der Waals surface area contributed by atoms with Gasteiger partial charge in [-0.05, 0) is 31.5 Å². The van der Waals surface area contributed by atoms with Crippen LogP contribution in [-0.2, 0) is 23.1 Å². The molecule has 2 aromatic heterocycles. The van der Waals surface area contributed by atoms with Crippen molar-refractivity contribution in [2.45, 2.75) is 31.8 Å². The molecular weight excluding hydrogens is 345 g/mol. The fraction of sp³-hybridized carbons (Fsp3) is 0.250. The van der Waals surface area contributed by atoms with Crippen molar-refractivity contribution in [3.63, 3.8) is 0 Å². The smallest absolute Gasteiger partial charge is 0.266 e. The van der Waals surface area contributed by atoms with E-state index in [1.807, 2.05) is 6.92 Å². The molecule has 132 valence electrons. The Labute approximate surface area is 145 Å². The van der Waals surface area contributed by atoms with Crippen molar-refractivity contribution in [3.8, 4) is 0 Å². The number of rotatable bonds is 6. The average Bonchev–Trinajstić information content (AvgIpc) is 3.15. The summed E-state index contributed by atoms with van der Waals surface area (Å²) in [5.74, 6) is -0.0913. The van der Waals surface area contributed by atoms with E-state index in [0.717, 1.165) is 5.56 Å². The van der Waals surface area contributed by atoms with Crippen LogP contribution in [0.25, 0.3) is 0 Å². The molecule has 0 atom stereocenters. The van der Waals surface area contributed by atoms with Crippen molar-refractivity contribution in [2.24, 2.45) is 0 Å². The van der Waals surface area contributed by atoms with Gasteiger partial charge in [0.2, 0.25) is 0 Å². The number of sulfonamides is 1. The van der Waals surface area contributed by atoms with Gasteiger partial charge in [-0.15, -0.1) is 0 Å². The highest BCUT2D eigenvalue weighted by atomic mass is 32.2. The Balaban J connectivity index is 1.76. The Bertz CT molecular complexity index is 976. The normalized spacial score (nSPS) is 11.6. The summed E-state index contributed by atoms with van der Waals surface area (Å²) < 4.78 is 43.6. The lowest BCUT2D eigenvalue weighted by Crippen LogP contribution is -2.15. The van der Waals surface area contributed by atoms with E-state index in [1.165, 1.54) is 18.3 Å². The van der Waals surface area contributed by atoms with Crippen LogP contribution >= 0.6 is 0 Å². The molecule has 0 saturated carbocycles. The van der Waals surface area contributed by atoms with Gasteiger partial charge in [0.15, 0.2) is 5.82 Å². The summed E-state index contributed by atoms with van der Waals surface area (Å²) in [5.41, 5.74) is 1.43. The molecule has 0 fully saturated rings. The highest BCUT2D eigenvalue weighted by Gasteiger charge is 2.21. The SMILES string of the molecule is CCn1ncc(S(=O)(=O)Nc2ccn(Cc3ccc(F)cc3)n2)c1C. The summed E-state index contributed by atoms with van der Waals surface area (Å²) in [4.78, 5) is 0.127. The molecule has 1 N–H and O–H groups in total. The van der Waals surface area contributed by atoms with E-state index in [0.29, 0.717) is 18.8 Å². The van der Waals surface area contributed by atoms with Gasteiger partial charge in [-0.25, -0.2) is 12.8 Å². The lowest BCUT2D eigenvalue weighted by Gasteiger charge is -2.06. The molecule has 0 saturated heterocycles. The highest BCUT2D eigenvalue weighted by Crippen LogP contribution is 2.18. The first-order chi connectivity index (χ1) is 11.9. The first kappa shape index (κ1) is 17.2. The summed E-state index contributed by atoms with van der Waals surface area (Å²) in [5, 5.41) is 8.25. The Morgan fingerprint density at radius 1 is 1.20 bits per heavy atom. The minimum absolute atomic E-state index is 0.127. The van der Waals surface area contributed by atoms with Crippen LogP contribution in [-0.4, -0.2) is 28.0 Å². The van der Waals surface area contributed by atoms with Crippen LogP contribution in [0.15, 0.2) is 47.6 Å². The lowest BCUT2D eigenvalue weighted by molar-refractivity contribution is 0.597. The van der Waals surface area contributed by atoms with E-state index in [1.54, 1.807) is 40.7 Å². The van der Waals surface area contributed by atoms with Gasteiger partial charge in [0.05, 0.1) is 18.4 Å². The Kier molecular flexibility index (Phi) is 4.58. The quantitative estimate of drug-likeness (QED) is 0.729. The van der Waals surface area contributed by atoms with Crippen LogP contribution in [0.3, 0.4) is 0 Å². The maximum Gasteiger partial charge on any atom is 0.266 e. The molecule has 3 rings (SSSR count). The van der Waals surface area contributed by atoms with Crippen LogP contribution in [0.2, 0.25) is 0 Å². The first-order valence-electron chi connectivity index (χ1n) is 7.72. The Morgan fingerprint density at radius 3 is 2.56 bits per heavy atom. The molecule has 0 bridgehead atoms. The minimum Gasteiger partial charge on any atom is -0.269 e. The highest BCUT2D eigenvalue weighted by molar-refractivity contribution is 7.92. The molecule has 0 spiro atoms. The van der Waals surface area contributed by atoms with Crippen molar-refractivity contribution in [3.05, 3.63) is 59.8 Å². The van der Waals surface area contributed by atoms with Gasteiger partial charge in [-0.1, -0.05) is 12.1 Å². The van der Waals surface area contributed by atoms with Crippen molar-refractivity contribution in [1.82, 2.24) is 19.6 Å². The van der Waals surface area contributed by atoms with Gasteiger partial charge in [0.25, 0.3) is 10.0 Å². The third kappa shape index (κ3) is 3.71. The van der Waals surface area contributed by atoms with E-state index in [9.17, 15) is 12.8 Å². The first-order valence-corrected chi connectivity index (χ1v) is 9.20. The Hall–Kier alpha value is -2.68. The van der Waals surface area contributed by atoms with Crippen molar-refractivity contribution < 1.29 is 12.8 Å². The predicted molar refractivity (Wildman–Crippen MR) is 91.2 cm³/mol. The topological polar surface area (TPSA) is 81.8 Å². The molecule has 9 heteroatoms. The molecular formula is C16H18FN5O2S. The van der Waals surface area contributed by atoms with Crippen molar-refractivity contribution in [2.75, 3.05) is 4.72 Å². The zero-order chi connectivity index (χ0) is 18.0. The second kappa shape index (κ2) is 6.67. The third-order valence-corrected chi connectivity index (χ3v) is 5.24. The molecule has 1 aromatic carbocycles. The second-order valence-electron chi connectivity index (χ2n) is 5.54. The number of halogens is 1. The largest absolute Gasteiger partial charge is 0.269 e. The van der Waals surface area contributed by atoms with E-state index < -0.39 is 10.0 Å². The van der Waals surface area contributed by atoms with Gasteiger partial charge in [-0.2, -0.15) is 10.2 Å². The number of nitrogens with one attached hydrogen (secondary N) is 1. The summed E-state index contributed by atoms with van der Waals surface area (Å²) >= 11 is 0. The lowest BCUT2D eigenvalue weighted by atomic mass is 10.2. The molecule has 7 nitrogen and oxygen atoms in total. The van der Waals surface area contributed by atoms with E-state index >= 15 is 0 Å². The average molecular weight is 363 g/mol. The maximum absolute atomic E-state index is 12.9. The summed E-state index contributed by atoms with van der Waals surface area (Å²) in [7, 11) is -3.76. The van der Waals surface area contributed by atoms with Gasteiger partial charge in [0.1, 0.15) is 10.7 Å². The van der Waals surface area contributed by atoms with Crippen LogP contribution in [0.1, 0.15) is 18.2 Å². The van der Waals surface area contributed by atoms with Crippen LogP contribution in [0.4, 0.5) is 10.2 Å². The standard InChI is InChI=1S/C16H18FN5O2S/c1-3-22-12(2)15(10-18-22)25(23,24)20-16-8-9-21(19-16)11-13-4-6-14(17)7-5-13/h4-10H,3,11H2,1-2H3,(H,19,20). The number of aromatic nitrogens is 4. The molecule has 0 aliphatic rings. The molecule has 3 aromatic rings. The zero-order valence-corrected chi connectivity index (χ0v) is 14.7. The zero-order valence-electron chi connectivity index (χ0n) is 13.8. The molecule has 25 heavy (non-hydrogen) atoms. The van der Waals surface area contributed by atoms with Crippen LogP contribution in [0.5, 0.6) is 0 Å². The number of hydrogen-bond acceptors (Lipinski definition) is 4. The maximum atomic E-state index is 12.9. The van der Waals surface area contributed by atoms with Gasteiger partial charge >= 0.3 is 0 Å². The second-order valence-corrected chi connectivity index (χ2v) is 7.19. The fourth-order valence-electron chi connectivity index (χ4n) is 2.49. The Morgan fingerprint density at radius 2 is 1.92 bits per heavy atom. The number of nitrogens with zero attached hydrogens (tertiary/aromatic N) is 4. The number of benzene rings is 1. The molecule has 0 radical (unpaired) electrons. The third-order valence-electron chi connectivity index (χ3n) is 3.78. The van der Waals surface area contributed by atoms with E-state index in [-0.39, 0.29) is 16.5 Å². The van der Waals surface area contributed by atoms with Crippen LogP contribution < -0.4 is 4.72 Å². The molecule has 0 unspecified atom stereocenters. The van der Waals surface area contributed by atoms with Gasteiger partial charge < -0.3 is 0 Å². The summed E-state index contributed by atoms with van der Waals surface area (Å²) in [6.45, 7) is 4.60.